The molecule has 0 aromatic carbocycles. The second-order valence-corrected chi connectivity index (χ2v) is 7.64. The molecule has 2 fully saturated rings. The first-order chi connectivity index (χ1) is 11.1. The molecule has 1 heterocycles. The topological polar surface area (TPSA) is 49.6 Å². The molecule has 0 unspecified atom stereocenters. The normalized spacial score (nSPS) is 20.4. The van der Waals surface area contributed by atoms with Crippen LogP contribution in [-0.2, 0) is 4.79 Å². The van der Waals surface area contributed by atoms with E-state index < -0.39 is 0 Å². The summed E-state index contributed by atoms with van der Waals surface area (Å²) in [6.07, 6.45) is 9.86. The highest BCUT2D eigenvalue weighted by Crippen LogP contribution is 2.29. The van der Waals surface area contributed by atoms with Crippen molar-refractivity contribution in [1.82, 2.24) is 9.80 Å². The van der Waals surface area contributed by atoms with Gasteiger partial charge in [0.25, 0.3) is 0 Å². The number of carbonyl (C=O) groups is 1. The maximum absolute atomic E-state index is 13.0. The minimum Gasteiger partial charge on any atom is -0.341 e. The van der Waals surface area contributed by atoms with Gasteiger partial charge in [0.15, 0.2) is 0 Å². The smallest absolute Gasteiger partial charge is 0.230 e. The molecular formula is C19H39Cl2N3O. The lowest BCUT2D eigenvalue weighted by atomic mass is 9.81. The minimum atomic E-state index is -0.335. The fourth-order valence-electron chi connectivity index (χ4n) is 4.36. The molecule has 1 amide bonds. The molecule has 0 bridgehead atoms. The van der Waals surface area contributed by atoms with Gasteiger partial charge in [-0.15, -0.1) is 24.8 Å². The molecule has 1 saturated carbocycles. The van der Waals surface area contributed by atoms with Crippen LogP contribution in [0.15, 0.2) is 0 Å². The first-order valence-corrected chi connectivity index (χ1v) is 9.87. The van der Waals surface area contributed by atoms with Crippen LogP contribution in [0.4, 0.5) is 0 Å². The van der Waals surface area contributed by atoms with Crippen molar-refractivity contribution in [2.45, 2.75) is 65.2 Å². The van der Waals surface area contributed by atoms with E-state index in [-0.39, 0.29) is 30.2 Å². The molecule has 0 aromatic rings. The van der Waals surface area contributed by atoms with Crippen molar-refractivity contribution < 1.29 is 4.79 Å². The average molecular weight is 396 g/mol. The summed E-state index contributed by atoms with van der Waals surface area (Å²) < 4.78 is 0. The van der Waals surface area contributed by atoms with Gasteiger partial charge in [-0.25, -0.2) is 0 Å². The number of nitrogens with zero attached hydrogens (tertiary/aromatic N) is 2. The van der Waals surface area contributed by atoms with Crippen LogP contribution in [0.5, 0.6) is 0 Å². The number of nitrogens with two attached hydrogens (primary N) is 1. The first-order valence-electron chi connectivity index (χ1n) is 9.87. The third-order valence-electron chi connectivity index (χ3n) is 6.31. The Balaban J connectivity index is 0.00000288. The van der Waals surface area contributed by atoms with Gasteiger partial charge in [0.05, 0.1) is 5.41 Å². The highest BCUT2D eigenvalue weighted by molar-refractivity contribution is 5.85. The predicted molar refractivity (Wildman–Crippen MR) is 111 cm³/mol. The largest absolute Gasteiger partial charge is 0.341 e. The van der Waals surface area contributed by atoms with E-state index in [9.17, 15) is 4.79 Å². The molecule has 0 aromatic heterocycles. The second-order valence-electron chi connectivity index (χ2n) is 7.64. The predicted octanol–water partition coefficient (Wildman–Crippen LogP) is 3.71. The van der Waals surface area contributed by atoms with Gasteiger partial charge in [0.1, 0.15) is 0 Å². The standard InChI is InChI=1S/C19H37N3O.2ClH/c1-3-19(4-2,16-20)18(23)22-12-8-11-21(13-14-22)15-17-9-6-5-7-10-17;;/h17H,3-16,20H2,1-2H3;2*1H. The van der Waals surface area contributed by atoms with Gasteiger partial charge in [-0.05, 0) is 44.6 Å². The lowest BCUT2D eigenvalue weighted by Gasteiger charge is -2.35. The average Bonchev–Trinajstić information content (AvgIpc) is 2.83. The zero-order valence-corrected chi connectivity index (χ0v) is 17.8. The summed E-state index contributed by atoms with van der Waals surface area (Å²) >= 11 is 0. The van der Waals surface area contributed by atoms with Crippen molar-refractivity contribution in [2.75, 3.05) is 39.3 Å². The maximum Gasteiger partial charge on any atom is 0.230 e. The van der Waals surface area contributed by atoms with Crippen molar-refractivity contribution in [3.63, 3.8) is 0 Å². The zero-order valence-electron chi connectivity index (χ0n) is 16.2. The van der Waals surface area contributed by atoms with Crippen LogP contribution in [0.1, 0.15) is 65.2 Å². The Kier molecular flexibility index (Phi) is 12.4. The molecule has 1 aliphatic carbocycles. The van der Waals surface area contributed by atoms with Crippen molar-refractivity contribution in [3.05, 3.63) is 0 Å². The van der Waals surface area contributed by atoms with Crippen molar-refractivity contribution in [1.29, 1.82) is 0 Å². The summed E-state index contributed by atoms with van der Waals surface area (Å²) in [5.74, 6) is 1.19. The van der Waals surface area contributed by atoms with E-state index in [0.717, 1.165) is 51.4 Å². The third kappa shape index (κ3) is 6.57. The fraction of sp³-hybridized carbons (Fsp3) is 0.947. The molecule has 1 aliphatic heterocycles. The number of rotatable bonds is 6. The fourth-order valence-corrected chi connectivity index (χ4v) is 4.36. The summed E-state index contributed by atoms with van der Waals surface area (Å²) in [7, 11) is 0. The van der Waals surface area contributed by atoms with Crippen LogP contribution >= 0.6 is 24.8 Å². The quantitative estimate of drug-likeness (QED) is 0.745. The van der Waals surface area contributed by atoms with Gasteiger partial charge in [-0.2, -0.15) is 0 Å². The summed E-state index contributed by atoms with van der Waals surface area (Å²) in [5, 5.41) is 0. The highest BCUT2D eigenvalue weighted by Gasteiger charge is 2.37. The van der Waals surface area contributed by atoms with Crippen molar-refractivity contribution in [2.24, 2.45) is 17.1 Å². The van der Waals surface area contributed by atoms with Gasteiger partial charge in [-0.3, -0.25) is 4.79 Å². The summed E-state index contributed by atoms with van der Waals surface area (Å²) in [6, 6.07) is 0. The van der Waals surface area contributed by atoms with Gasteiger partial charge in [0.2, 0.25) is 5.91 Å². The van der Waals surface area contributed by atoms with E-state index in [1.165, 1.54) is 38.6 Å². The lowest BCUT2D eigenvalue weighted by Crippen LogP contribution is -2.48. The summed E-state index contributed by atoms with van der Waals surface area (Å²) in [6.45, 7) is 9.88. The molecule has 0 spiro atoms. The summed E-state index contributed by atoms with van der Waals surface area (Å²) in [5.41, 5.74) is 5.63. The van der Waals surface area contributed by atoms with Gasteiger partial charge >= 0.3 is 0 Å². The Morgan fingerprint density at radius 3 is 2.16 bits per heavy atom. The molecule has 4 nitrogen and oxygen atoms in total. The van der Waals surface area contributed by atoms with Crippen LogP contribution in [0.2, 0.25) is 0 Å². The van der Waals surface area contributed by atoms with Crippen LogP contribution < -0.4 is 5.73 Å². The number of carbonyl (C=O) groups excluding carboxylic acids is 1. The zero-order chi connectivity index (χ0) is 16.7. The molecule has 0 radical (unpaired) electrons. The maximum atomic E-state index is 13.0. The van der Waals surface area contributed by atoms with E-state index in [0.29, 0.717) is 12.5 Å². The Morgan fingerprint density at radius 1 is 0.960 bits per heavy atom. The molecular weight excluding hydrogens is 357 g/mol. The second kappa shape index (κ2) is 12.4. The third-order valence-corrected chi connectivity index (χ3v) is 6.31. The van der Waals surface area contributed by atoms with Gasteiger partial charge in [-0.1, -0.05) is 33.1 Å². The van der Waals surface area contributed by atoms with E-state index in [1.54, 1.807) is 0 Å². The summed E-state index contributed by atoms with van der Waals surface area (Å²) in [4.78, 5) is 17.7. The van der Waals surface area contributed by atoms with Crippen molar-refractivity contribution >= 4 is 30.7 Å². The highest BCUT2D eigenvalue weighted by atomic mass is 35.5. The molecule has 1 saturated heterocycles. The SMILES string of the molecule is CCC(CC)(CN)C(=O)N1CCCN(CC2CCCCC2)CC1.Cl.Cl. The Hall–Kier alpha value is -0.0300. The lowest BCUT2D eigenvalue weighted by molar-refractivity contribution is -0.142. The van der Waals surface area contributed by atoms with Crippen LogP contribution in [0.25, 0.3) is 0 Å². The molecule has 150 valence electrons. The Bertz CT molecular complexity index is 363. The Morgan fingerprint density at radius 2 is 1.60 bits per heavy atom. The molecule has 2 N–H and O–H groups in total. The Labute approximate surface area is 167 Å². The monoisotopic (exact) mass is 395 g/mol. The molecule has 25 heavy (non-hydrogen) atoms. The first kappa shape index (κ1) is 25.0. The van der Waals surface area contributed by atoms with Crippen molar-refractivity contribution in [3.8, 4) is 0 Å². The van der Waals surface area contributed by atoms with E-state index in [1.807, 2.05) is 0 Å². The molecule has 0 atom stereocenters. The molecule has 6 heteroatoms. The molecule has 2 aliphatic rings. The number of hydrogen-bond acceptors (Lipinski definition) is 3. The number of halogens is 2. The molecule has 2 rings (SSSR count). The number of hydrogen-bond donors (Lipinski definition) is 1. The minimum absolute atomic E-state index is 0. The van der Waals surface area contributed by atoms with Gasteiger partial charge < -0.3 is 15.5 Å². The van der Waals surface area contributed by atoms with E-state index in [4.69, 9.17) is 5.73 Å². The van der Waals surface area contributed by atoms with Gasteiger partial charge in [0, 0.05) is 32.7 Å². The van der Waals surface area contributed by atoms with Crippen LogP contribution in [0, 0.1) is 11.3 Å². The van der Waals surface area contributed by atoms with E-state index >= 15 is 0 Å². The van der Waals surface area contributed by atoms with Crippen LogP contribution in [0.3, 0.4) is 0 Å². The number of amides is 1. The van der Waals surface area contributed by atoms with Crippen LogP contribution in [-0.4, -0.2) is 55.0 Å². The van der Waals surface area contributed by atoms with E-state index in [2.05, 4.69) is 23.6 Å².